The number of aromatic nitrogens is 1. The van der Waals surface area contributed by atoms with Crippen LogP contribution in [0.3, 0.4) is 0 Å². The molecular formula is C19H17NOS2. The van der Waals surface area contributed by atoms with Gasteiger partial charge in [-0.2, -0.15) is 0 Å². The minimum atomic E-state index is 0.0190. The fourth-order valence-corrected chi connectivity index (χ4v) is 5.40. The van der Waals surface area contributed by atoms with Crippen molar-refractivity contribution in [3.05, 3.63) is 53.0 Å². The van der Waals surface area contributed by atoms with Crippen LogP contribution in [0.4, 0.5) is 0 Å². The highest BCUT2D eigenvalue weighted by atomic mass is 32.1. The van der Waals surface area contributed by atoms with E-state index in [2.05, 4.69) is 31.0 Å². The van der Waals surface area contributed by atoms with Gasteiger partial charge in [-0.15, -0.1) is 22.7 Å². The molecule has 4 heteroatoms. The Morgan fingerprint density at radius 1 is 1.09 bits per heavy atom. The number of carbonyl (C=O) groups is 1. The predicted molar refractivity (Wildman–Crippen MR) is 97.3 cm³/mol. The Bertz CT molecular complexity index is 860. The summed E-state index contributed by atoms with van der Waals surface area (Å²) in [4.78, 5) is 19.6. The number of hydrogen-bond donors (Lipinski definition) is 0. The van der Waals surface area contributed by atoms with Crippen LogP contribution in [0.2, 0.25) is 0 Å². The molecule has 0 bridgehead atoms. The highest BCUT2D eigenvalue weighted by Gasteiger charge is 2.36. The summed E-state index contributed by atoms with van der Waals surface area (Å²) in [5.74, 6) is 0.272. The molecule has 1 aromatic carbocycles. The Morgan fingerprint density at radius 2 is 1.87 bits per heavy atom. The van der Waals surface area contributed by atoms with Crippen molar-refractivity contribution in [2.45, 2.75) is 26.7 Å². The van der Waals surface area contributed by atoms with Gasteiger partial charge < -0.3 is 0 Å². The topological polar surface area (TPSA) is 30.0 Å². The second kappa shape index (κ2) is 5.39. The summed E-state index contributed by atoms with van der Waals surface area (Å²) >= 11 is 3.36. The van der Waals surface area contributed by atoms with Crippen LogP contribution < -0.4 is 0 Å². The van der Waals surface area contributed by atoms with E-state index in [4.69, 9.17) is 0 Å². The van der Waals surface area contributed by atoms with Crippen molar-refractivity contribution < 1.29 is 4.79 Å². The molecule has 2 heterocycles. The minimum Gasteiger partial charge on any atom is -0.294 e. The zero-order valence-electron chi connectivity index (χ0n) is 13.1. The largest absolute Gasteiger partial charge is 0.294 e. The third-order valence-electron chi connectivity index (χ3n) is 4.24. The van der Waals surface area contributed by atoms with Gasteiger partial charge in [0.15, 0.2) is 5.78 Å². The van der Waals surface area contributed by atoms with Crippen LogP contribution in [0.1, 0.15) is 36.2 Å². The molecule has 0 saturated heterocycles. The van der Waals surface area contributed by atoms with Gasteiger partial charge in [-0.3, -0.25) is 4.79 Å². The summed E-state index contributed by atoms with van der Waals surface area (Å²) in [6.45, 7) is 4.36. The van der Waals surface area contributed by atoms with Gasteiger partial charge >= 0.3 is 0 Å². The van der Waals surface area contributed by atoms with E-state index in [1.807, 2.05) is 29.8 Å². The van der Waals surface area contributed by atoms with E-state index in [-0.39, 0.29) is 11.2 Å². The Hall–Kier alpha value is -1.78. The first-order valence-corrected chi connectivity index (χ1v) is 9.39. The molecule has 1 aliphatic rings. The fraction of sp³-hybridized carbons (Fsp3) is 0.263. The predicted octanol–water partition coefficient (Wildman–Crippen LogP) is 5.69. The van der Waals surface area contributed by atoms with Gasteiger partial charge in [-0.1, -0.05) is 44.2 Å². The van der Waals surface area contributed by atoms with E-state index in [0.717, 1.165) is 27.4 Å². The van der Waals surface area contributed by atoms with E-state index >= 15 is 0 Å². The maximum atomic E-state index is 12.9. The number of fused-ring (bicyclic) bond motifs is 1. The number of hydrogen-bond acceptors (Lipinski definition) is 4. The SMILES string of the molecule is CC1(C)CC(=O)c2c(-c3ccccc3)sc(-c3nccs3)c2C1. The quantitative estimate of drug-likeness (QED) is 0.600. The molecule has 0 atom stereocenters. The van der Waals surface area contributed by atoms with Crippen molar-refractivity contribution in [2.24, 2.45) is 5.41 Å². The number of Topliss-reactive ketones (excluding diaryl/α,β-unsaturated/α-hetero) is 1. The molecule has 0 radical (unpaired) electrons. The van der Waals surface area contributed by atoms with Crippen LogP contribution in [-0.2, 0) is 6.42 Å². The fourth-order valence-electron chi connectivity index (χ4n) is 3.29. The average Bonchev–Trinajstić information content (AvgIpc) is 3.14. The highest BCUT2D eigenvalue weighted by Crippen LogP contribution is 2.49. The van der Waals surface area contributed by atoms with Crippen molar-refractivity contribution >= 4 is 28.5 Å². The molecule has 0 spiro atoms. The molecule has 2 nitrogen and oxygen atoms in total. The van der Waals surface area contributed by atoms with Crippen molar-refractivity contribution in [3.63, 3.8) is 0 Å². The van der Waals surface area contributed by atoms with E-state index in [0.29, 0.717) is 6.42 Å². The second-order valence-electron chi connectivity index (χ2n) is 6.76. The lowest BCUT2D eigenvalue weighted by atomic mass is 9.73. The third-order valence-corrected chi connectivity index (χ3v) is 6.45. The monoisotopic (exact) mass is 339 g/mol. The summed E-state index contributed by atoms with van der Waals surface area (Å²) < 4.78 is 0. The summed E-state index contributed by atoms with van der Waals surface area (Å²) in [6.07, 6.45) is 3.39. The lowest BCUT2D eigenvalue weighted by Gasteiger charge is -2.29. The molecule has 3 aromatic rings. The lowest BCUT2D eigenvalue weighted by molar-refractivity contribution is 0.0914. The number of carbonyl (C=O) groups excluding carboxylic acids is 1. The second-order valence-corrected chi connectivity index (χ2v) is 8.67. The Balaban J connectivity index is 1.98. The molecule has 1 aliphatic carbocycles. The third kappa shape index (κ3) is 2.56. The molecule has 4 rings (SSSR count). The van der Waals surface area contributed by atoms with Gasteiger partial charge in [-0.25, -0.2) is 4.98 Å². The van der Waals surface area contributed by atoms with Gasteiger partial charge in [-0.05, 0) is 23.0 Å². The summed E-state index contributed by atoms with van der Waals surface area (Å²) in [5, 5.41) is 3.03. The molecule has 0 amide bonds. The van der Waals surface area contributed by atoms with Crippen LogP contribution in [0.15, 0.2) is 41.9 Å². The van der Waals surface area contributed by atoms with Gasteiger partial charge in [0.05, 0.1) is 4.88 Å². The highest BCUT2D eigenvalue weighted by molar-refractivity contribution is 7.23. The van der Waals surface area contributed by atoms with Crippen LogP contribution in [-0.4, -0.2) is 10.8 Å². The van der Waals surface area contributed by atoms with E-state index in [1.165, 1.54) is 10.4 Å². The van der Waals surface area contributed by atoms with E-state index in [1.54, 1.807) is 22.7 Å². The average molecular weight is 339 g/mol. The number of thiazole rings is 1. The van der Waals surface area contributed by atoms with Gasteiger partial charge in [0.2, 0.25) is 0 Å². The van der Waals surface area contributed by atoms with Gasteiger partial charge in [0.25, 0.3) is 0 Å². The molecular weight excluding hydrogens is 322 g/mol. The van der Waals surface area contributed by atoms with Crippen LogP contribution >= 0.6 is 22.7 Å². The molecule has 2 aromatic heterocycles. The molecule has 0 saturated carbocycles. The Kier molecular flexibility index (Phi) is 3.47. The van der Waals surface area contributed by atoms with E-state index in [9.17, 15) is 4.79 Å². The van der Waals surface area contributed by atoms with Crippen LogP contribution in [0.25, 0.3) is 20.3 Å². The summed E-state index contributed by atoms with van der Waals surface area (Å²) in [6, 6.07) is 10.2. The molecule has 0 unspecified atom stereocenters. The van der Waals surface area contributed by atoms with Crippen LogP contribution in [0, 0.1) is 5.41 Å². The standard InChI is InChI=1S/C19H17NOS2/c1-19(2)10-13-15(14(21)11-19)16(12-6-4-3-5-7-12)23-17(13)18-20-8-9-22-18/h3-9H,10-11H2,1-2H3. The van der Waals surface area contributed by atoms with E-state index < -0.39 is 0 Å². The zero-order chi connectivity index (χ0) is 16.0. The maximum absolute atomic E-state index is 12.9. The first kappa shape index (κ1) is 14.8. The number of nitrogens with zero attached hydrogens (tertiary/aromatic N) is 1. The Morgan fingerprint density at radius 3 is 2.57 bits per heavy atom. The zero-order valence-corrected chi connectivity index (χ0v) is 14.8. The smallest absolute Gasteiger partial charge is 0.165 e. The first-order chi connectivity index (χ1) is 11.1. The maximum Gasteiger partial charge on any atom is 0.165 e. The van der Waals surface area contributed by atoms with Crippen molar-refractivity contribution in [1.29, 1.82) is 0 Å². The number of ketones is 1. The minimum absolute atomic E-state index is 0.0190. The number of thiophene rings is 1. The first-order valence-electron chi connectivity index (χ1n) is 7.69. The summed E-state index contributed by atoms with van der Waals surface area (Å²) in [7, 11) is 0. The molecule has 0 N–H and O–H groups in total. The molecule has 116 valence electrons. The molecule has 0 fully saturated rings. The number of benzene rings is 1. The van der Waals surface area contributed by atoms with Crippen molar-refractivity contribution in [1.82, 2.24) is 4.98 Å². The number of rotatable bonds is 2. The molecule has 23 heavy (non-hydrogen) atoms. The molecule has 0 aliphatic heterocycles. The van der Waals surface area contributed by atoms with Gasteiger partial charge in [0.1, 0.15) is 5.01 Å². The van der Waals surface area contributed by atoms with Crippen LogP contribution in [0.5, 0.6) is 0 Å². The summed E-state index contributed by atoms with van der Waals surface area (Å²) in [5.41, 5.74) is 3.28. The normalized spacial score (nSPS) is 16.3. The van der Waals surface area contributed by atoms with Crippen molar-refractivity contribution in [3.8, 4) is 20.3 Å². The van der Waals surface area contributed by atoms with Crippen molar-refractivity contribution in [2.75, 3.05) is 0 Å². The lowest BCUT2D eigenvalue weighted by Crippen LogP contribution is -2.26. The van der Waals surface area contributed by atoms with Gasteiger partial charge in [0, 0.05) is 28.4 Å². The Labute approximate surface area is 143 Å².